The number of allylic oxidation sites excluding steroid dienone is 2. The summed E-state index contributed by atoms with van der Waals surface area (Å²) < 4.78 is 0. The molecular weight excluding hydrogens is 198 g/mol. The lowest BCUT2D eigenvalue weighted by Gasteiger charge is -2.33. The predicted molar refractivity (Wildman–Crippen MR) is 68.6 cm³/mol. The first-order valence-corrected chi connectivity index (χ1v) is 5.37. The standard InChI is InChI=1S/C13H17N3/c1-16-13(15)8-3-2-7-12(13)10-5-4-6-11(14)9-10/h2-7,9,16H,8,14-15H2,1H3. The minimum Gasteiger partial charge on any atom is -0.399 e. The lowest BCUT2D eigenvalue weighted by molar-refractivity contribution is 0.473. The van der Waals surface area contributed by atoms with Crippen molar-refractivity contribution < 1.29 is 0 Å². The number of likely N-dealkylation sites (N-methyl/N-ethyl adjacent to an activating group) is 1. The van der Waals surface area contributed by atoms with E-state index in [0.29, 0.717) is 0 Å². The van der Waals surface area contributed by atoms with Crippen LogP contribution in [0.3, 0.4) is 0 Å². The number of hydrogen-bond acceptors (Lipinski definition) is 3. The SMILES string of the molecule is CNC1(N)CC=CC=C1c1cccc(N)c1. The third-order valence-electron chi connectivity index (χ3n) is 2.96. The Hall–Kier alpha value is -1.58. The normalized spacial score (nSPS) is 24.2. The van der Waals surface area contributed by atoms with E-state index in [1.165, 1.54) is 0 Å². The van der Waals surface area contributed by atoms with Crippen LogP contribution in [-0.2, 0) is 0 Å². The Labute approximate surface area is 95.8 Å². The Kier molecular flexibility index (Phi) is 2.81. The zero-order chi connectivity index (χ0) is 11.6. The molecule has 0 spiro atoms. The molecule has 0 aromatic heterocycles. The fraction of sp³-hybridized carbons (Fsp3) is 0.231. The van der Waals surface area contributed by atoms with Crippen LogP contribution >= 0.6 is 0 Å². The number of hydrogen-bond donors (Lipinski definition) is 3. The van der Waals surface area contributed by atoms with Gasteiger partial charge >= 0.3 is 0 Å². The Bertz CT molecular complexity index is 448. The Morgan fingerprint density at radius 1 is 1.38 bits per heavy atom. The highest BCUT2D eigenvalue weighted by Gasteiger charge is 2.28. The van der Waals surface area contributed by atoms with E-state index in [2.05, 4.69) is 11.4 Å². The minimum atomic E-state index is -0.497. The van der Waals surface area contributed by atoms with Gasteiger partial charge in [-0.15, -0.1) is 0 Å². The second-order valence-electron chi connectivity index (χ2n) is 4.06. The van der Waals surface area contributed by atoms with Crippen molar-refractivity contribution in [3.63, 3.8) is 0 Å². The van der Waals surface area contributed by atoms with Crippen LogP contribution in [0, 0.1) is 0 Å². The number of benzene rings is 1. The molecule has 84 valence electrons. The van der Waals surface area contributed by atoms with Crippen LogP contribution in [0.5, 0.6) is 0 Å². The summed E-state index contributed by atoms with van der Waals surface area (Å²) in [7, 11) is 1.87. The molecule has 1 aliphatic rings. The third kappa shape index (κ3) is 1.87. The number of nitrogens with two attached hydrogens (primary N) is 2. The number of nitrogen functional groups attached to an aromatic ring is 1. The van der Waals surface area contributed by atoms with Gasteiger partial charge in [0.25, 0.3) is 0 Å². The Morgan fingerprint density at radius 3 is 2.88 bits per heavy atom. The van der Waals surface area contributed by atoms with E-state index in [0.717, 1.165) is 23.2 Å². The van der Waals surface area contributed by atoms with Crippen molar-refractivity contribution in [3.8, 4) is 0 Å². The molecule has 1 atom stereocenters. The van der Waals surface area contributed by atoms with Crippen molar-refractivity contribution in [3.05, 3.63) is 48.1 Å². The molecule has 0 radical (unpaired) electrons. The zero-order valence-electron chi connectivity index (χ0n) is 9.40. The van der Waals surface area contributed by atoms with Gasteiger partial charge in [-0.1, -0.05) is 30.4 Å². The zero-order valence-corrected chi connectivity index (χ0v) is 9.40. The van der Waals surface area contributed by atoms with Crippen LogP contribution in [0.15, 0.2) is 42.5 Å². The van der Waals surface area contributed by atoms with Gasteiger partial charge in [0.2, 0.25) is 0 Å². The lowest BCUT2D eigenvalue weighted by atomic mass is 9.87. The van der Waals surface area contributed by atoms with Gasteiger partial charge in [-0.3, -0.25) is 5.32 Å². The first kappa shape index (κ1) is 10.9. The first-order valence-electron chi connectivity index (χ1n) is 5.37. The van der Waals surface area contributed by atoms with Gasteiger partial charge in [0.1, 0.15) is 0 Å². The third-order valence-corrected chi connectivity index (χ3v) is 2.96. The van der Waals surface area contributed by atoms with E-state index >= 15 is 0 Å². The van der Waals surface area contributed by atoms with E-state index in [1.807, 2.05) is 43.5 Å². The average molecular weight is 215 g/mol. The monoisotopic (exact) mass is 215 g/mol. The quantitative estimate of drug-likeness (QED) is 0.517. The summed E-state index contributed by atoms with van der Waals surface area (Å²) in [5.74, 6) is 0. The number of rotatable bonds is 2. The lowest BCUT2D eigenvalue weighted by Crippen LogP contribution is -2.52. The summed E-state index contributed by atoms with van der Waals surface area (Å²) >= 11 is 0. The summed E-state index contributed by atoms with van der Waals surface area (Å²) in [4.78, 5) is 0. The fourth-order valence-corrected chi connectivity index (χ4v) is 1.97. The van der Waals surface area contributed by atoms with Crippen LogP contribution < -0.4 is 16.8 Å². The summed E-state index contributed by atoms with van der Waals surface area (Å²) in [6, 6.07) is 7.80. The molecule has 0 heterocycles. The van der Waals surface area contributed by atoms with Crippen molar-refractivity contribution in [1.29, 1.82) is 0 Å². The van der Waals surface area contributed by atoms with Crippen LogP contribution in [0.2, 0.25) is 0 Å². The first-order chi connectivity index (χ1) is 7.65. The van der Waals surface area contributed by atoms with Crippen molar-refractivity contribution >= 4 is 11.3 Å². The van der Waals surface area contributed by atoms with E-state index in [-0.39, 0.29) is 0 Å². The highest BCUT2D eigenvalue weighted by atomic mass is 15.1. The summed E-state index contributed by atoms with van der Waals surface area (Å²) in [5.41, 5.74) is 14.5. The maximum Gasteiger partial charge on any atom is 0.0963 e. The molecule has 1 aromatic rings. The minimum absolute atomic E-state index is 0.497. The fourth-order valence-electron chi connectivity index (χ4n) is 1.97. The summed E-state index contributed by atoms with van der Waals surface area (Å²) in [5, 5.41) is 3.17. The van der Waals surface area contributed by atoms with Gasteiger partial charge in [-0.2, -0.15) is 0 Å². The summed E-state index contributed by atoms with van der Waals surface area (Å²) in [6.45, 7) is 0. The molecule has 16 heavy (non-hydrogen) atoms. The van der Waals surface area contributed by atoms with Gasteiger partial charge in [0, 0.05) is 12.1 Å². The molecule has 0 bridgehead atoms. The average Bonchev–Trinajstić information content (AvgIpc) is 2.29. The largest absolute Gasteiger partial charge is 0.399 e. The molecular formula is C13H17N3. The smallest absolute Gasteiger partial charge is 0.0963 e. The molecule has 1 aliphatic carbocycles. The van der Waals surface area contributed by atoms with E-state index in [4.69, 9.17) is 11.5 Å². The van der Waals surface area contributed by atoms with Crippen LogP contribution in [-0.4, -0.2) is 12.7 Å². The highest BCUT2D eigenvalue weighted by molar-refractivity contribution is 5.76. The Morgan fingerprint density at radius 2 is 2.19 bits per heavy atom. The maximum absolute atomic E-state index is 6.31. The van der Waals surface area contributed by atoms with E-state index < -0.39 is 5.66 Å². The maximum atomic E-state index is 6.31. The van der Waals surface area contributed by atoms with Crippen LogP contribution in [0.25, 0.3) is 5.57 Å². The van der Waals surface area contributed by atoms with Crippen LogP contribution in [0.1, 0.15) is 12.0 Å². The Balaban J connectivity index is 2.45. The van der Waals surface area contributed by atoms with Crippen molar-refractivity contribution in [1.82, 2.24) is 5.32 Å². The second-order valence-corrected chi connectivity index (χ2v) is 4.06. The van der Waals surface area contributed by atoms with E-state index in [1.54, 1.807) is 0 Å². The summed E-state index contributed by atoms with van der Waals surface area (Å²) in [6.07, 6.45) is 6.91. The molecule has 0 saturated carbocycles. The van der Waals surface area contributed by atoms with Gasteiger partial charge in [-0.05, 0) is 30.3 Å². The van der Waals surface area contributed by atoms with Crippen molar-refractivity contribution in [2.24, 2.45) is 5.73 Å². The molecule has 0 fully saturated rings. The van der Waals surface area contributed by atoms with Crippen molar-refractivity contribution in [2.45, 2.75) is 12.1 Å². The van der Waals surface area contributed by atoms with Crippen LogP contribution in [0.4, 0.5) is 5.69 Å². The predicted octanol–water partition coefficient (Wildman–Crippen LogP) is 1.49. The molecule has 1 aromatic carbocycles. The molecule has 0 saturated heterocycles. The van der Waals surface area contributed by atoms with E-state index in [9.17, 15) is 0 Å². The number of nitrogens with one attached hydrogen (secondary N) is 1. The molecule has 3 nitrogen and oxygen atoms in total. The molecule has 3 heteroatoms. The molecule has 0 aliphatic heterocycles. The van der Waals surface area contributed by atoms with Gasteiger partial charge < -0.3 is 11.5 Å². The molecule has 2 rings (SSSR count). The highest BCUT2D eigenvalue weighted by Crippen LogP contribution is 2.30. The molecule has 1 unspecified atom stereocenters. The number of anilines is 1. The van der Waals surface area contributed by atoms with Gasteiger partial charge in [-0.25, -0.2) is 0 Å². The second kappa shape index (κ2) is 4.12. The van der Waals surface area contributed by atoms with Crippen molar-refractivity contribution in [2.75, 3.05) is 12.8 Å². The topological polar surface area (TPSA) is 64.1 Å². The molecule has 0 amide bonds. The molecule has 5 N–H and O–H groups in total. The van der Waals surface area contributed by atoms with Gasteiger partial charge in [0.05, 0.1) is 5.66 Å². The van der Waals surface area contributed by atoms with Gasteiger partial charge in [0.15, 0.2) is 0 Å².